The van der Waals surface area contributed by atoms with Gasteiger partial charge in [0.25, 0.3) is 10.0 Å². The van der Waals surface area contributed by atoms with Gasteiger partial charge in [0.15, 0.2) is 0 Å². The van der Waals surface area contributed by atoms with Crippen molar-refractivity contribution in [3.63, 3.8) is 0 Å². The number of amides is 1. The fourth-order valence-electron chi connectivity index (χ4n) is 3.46. The maximum absolute atomic E-state index is 12.6. The van der Waals surface area contributed by atoms with Crippen LogP contribution in [0.3, 0.4) is 0 Å². The summed E-state index contributed by atoms with van der Waals surface area (Å²) >= 11 is 6.92. The van der Waals surface area contributed by atoms with Crippen molar-refractivity contribution in [3.8, 4) is 0 Å². The molecule has 0 unspecified atom stereocenters. The van der Waals surface area contributed by atoms with Crippen molar-refractivity contribution in [3.05, 3.63) is 16.5 Å². The number of halogens is 1. The lowest BCUT2D eigenvalue weighted by Gasteiger charge is -2.36. The van der Waals surface area contributed by atoms with E-state index in [0.29, 0.717) is 43.0 Å². The van der Waals surface area contributed by atoms with E-state index in [0.717, 1.165) is 30.8 Å². The summed E-state index contributed by atoms with van der Waals surface area (Å²) in [6.45, 7) is 6.17. The molecule has 0 bridgehead atoms. The first-order chi connectivity index (χ1) is 11.9. The average molecular weight is 406 g/mol. The predicted octanol–water partition coefficient (Wildman–Crippen LogP) is 1.97. The van der Waals surface area contributed by atoms with Crippen molar-refractivity contribution in [2.45, 2.75) is 24.0 Å². The zero-order valence-corrected chi connectivity index (χ0v) is 16.7. The lowest BCUT2D eigenvalue weighted by atomic mass is 10.0. The molecule has 0 aromatic carbocycles. The van der Waals surface area contributed by atoms with Crippen LogP contribution in [-0.4, -0.2) is 74.2 Å². The number of nitrogens with zero attached hydrogens (tertiary/aromatic N) is 3. The fraction of sp³-hybridized carbons (Fsp3) is 0.688. The van der Waals surface area contributed by atoms with Crippen LogP contribution in [0.4, 0.5) is 0 Å². The molecular formula is C16H24ClN3O3S2. The van der Waals surface area contributed by atoms with E-state index in [2.05, 4.69) is 11.8 Å². The highest BCUT2D eigenvalue weighted by Crippen LogP contribution is 2.28. The summed E-state index contributed by atoms with van der Waals surface area (Å²) in [4.78, 5) is 16.5. The van der Waals surface area contributed by atoms with Crippen molar-refractivity contribution in [2.24, 2.45) is 5.92 Å². The van der Waals surface area contributed by atoms with Gasteiger partial charge in [0.2, 0.25) is 5.91 Å². The Morgan fingerprint density at radius 1 is 1.24 bits per heavy atom. The third kappa shape index (κ3) is 4.54. The normalized spacial score (nSPS) is 23.8. The van der Waals surface area contributed by atoms with Crippen molar-refractivity contribution in [1.29, 1.82) is 0 Å². The fourth-order valence-corrected chi connectivity index (χ4v) is 6.52. The Morgan fingerprint density at radius 2 is 1.96 bits per heavy atom. The molecule has 6 nitrogen and oxygen atoms in total. The molecule has 1 aromatic rings. The summed E-state index contributed by atoms with van der Waals surface area (Å²) in [6, 6.07) is 3.13. The van der Waals surface area contributed by atoms with Gasteiger partial charge in [0, 0.05) is 32.7 Å². The van der Waals surface area contributed by atoms with E-state index in [1.54, 1.807) is 11.0 Å². The molecule has 140 valence electrons. The number of piperazine rings is 1. The standard InChI is InChI=1S/C16H24ClN3O3S2/c1-13-3-2-6-18(11-13)12-15(21)19-7-9-20(10-8-19)25(22,23)16-5-4-14(17)24-16/h4-5,13H,2-3,6-12H2,1H3/t13-/m0/s1. The van der Waals surface area contributed by atoms with Gasteiger partial charge in [0.05, 0.1) is 10.9 Å². The molecule has 1 atom stereocenters. The second-order valence-corrected chi connectivity index (χ2v) is 10.7. The zero-order valence-electron chi connectivity index (χ0n) is 14.4. The highest BCUT2D eigenvalue weighted by Gasteiger charge is 2.31. The van der Waals surface area contributed by atoms with Crippen molar-refractivity contribution in [2.75, 3.05) is 45.8 Å². The van der Waals surface area contributed by atoms with Gasteiger partial charge in [-0.25, -0.2) is 8.42 Å². The van der Waals surface area contributed by atoms with Crippen LogP contribution in [0.1, 0.15) is 19.8 Å². The number of sulfonamides is 1. The molecule has 2 aliphatic heterocycles. The lowest BCUT2D eigenvalue weighted by Crippen LogP contribution is -2.53. The average Bonchev–Trinajstić information content (AvgIpc) is 3.02. The minimum atomic E-state index is -3.51. The molecule has 25 heavy (non-hydrogen) atoms. The lowest BCUT2D eigenvalue weighted by molar-refractivity contribution is -0.134. The Labute approximate surface area is 158 Å². The summed E-state index contributed by atoms with van der Waals surface area (Å²) < 4.78 is 27.4. The van der Waals surface area contributed by atoms with Crippen LogP contribution in [-0.2, 0) is 14.8 Å². The first kappa shape index (κ1) is 19.1. The zero-order chi connectivity index (χ0) is 18.0. The molecule has 0 aliphatic carbocycles. The van der Waals surface area contributed by atoms with E-state index < -0.39 is 10.0 Å². The molecule has 9 heteroatoms. The Morgan fingerprint density at radius 3 is 2.56 bits per heavy atom. The third-order valence-corrected chi connectivity index (χ3v) is 8.43. The van der Waals surface area contributed by atoms with Gasteiger partial charge in [-0.15, -0.1) is 11.3 Å². The number of carbonyl (C=O) groups is 1. The Balaban J connectivity index is 1.53. The molecule has 2 aliphatic rings. The van der Waals surface area contributed by atoms with Crippen LogP contribution in [0.5, 0.6) is 0 Å². The van der Waals surface area contributed by atoms with E-state index in [4.69, 9.17) is 11.6 Å². The van der Waals surface area contributed by atoms with Crippen LogP contribution in [0.2, 0.25) is 4.34 Å². The van der Waals surface area contributed by atoms with E-state index in [1.807, 2.05) is 0 Å². The van der Waals surface area contributed by atoms with Crippen LogP contribution in [0.25, 0.3) is 0 Å². The first-order valence-corrected chi connectivity index (χ1v) is 11.3. The van der Waals surface area contributed by atoms with Gasteiger partial charge in [-0.3, -0.25) is 9.69 Å². The molecule has 3 heterocycles. The molecule has 0 spiro atoms. The van der Waals surface area contributed by atoms with Crippen LogP contribution in [0, 0.1) is 5.92 Å². The quantitative estimate of drug-likeness (QED) is 0.768. The second kappa shape index (κ2) is 7.92. The van der Waals surface area contributed by atoms with Gasteiger partial charge in [0.1, 0.15) is 4.21 Å². The van der Waals surface area contributed by atoms with Crippen molar-refractivity contribution < 1.29 is 13.2 Å². The van der Waals surface area contributed by atoms with E-state index in [9.17, 15) is 13.2 Å². The summed E-state index contributed by atoms with van der Waals surface area (Å²) in [6.07, 6.45) is 2.37. The molecule has 0 N–H and O–H groups in total. The van der Waals surface area contributed by atoms with E-state index in [1.165, 1.54) is 16.8 Å². The van der Waals surface area contributed by atoms with E-state index >= 15 is 0 Å². The minimum absolute atomic E-state index is 0.102. The summed E-state index contributed by atoms with van der Waals surface area (Å²) in [5, 5.41) is 0. The molecule has 2 saturated heterocycles. The van der Waals surface area contributed by atoms with Gasteiger partial charge in [-0.05, 0) is 37.4 Å². The number of rotatable bonds is 4. The van der Waals surface area contributed by atoms with Crippen LogP contribution < -0.4 is 0 Å². The smallest absolute Gasteiger partial charge is 0.252 e. The van der Waals surface area contributed by atoms with Gasteiger partial charge >= 0.3 is 0 Å². The SMILES string of the molecule is C[C@H]1CCCN(CC(=O)N2CCN(S(=O)(=O)c3ccc(Cl)s3)CC2)C1. The molecule has 3 rings (SSSR count). The Hall–Kier alpha value is -0.670. The molecular weight excluding hydrogens is 382 g/mol. The predicted molar refractivity (Wildman–Crippen MR) is 99.5 cm³/mol. The molecule has 0 radical (unpaired) electrons. The first-order valence-electron chi connectivity index (χ1n) is 8.62. The molecule has 1 aromatic heterocycles. The van der Waals surface area contributed by atoms with Crippen LogP contribution in [0.15, 0.2) is 16.3 Å². The monoisotopic (exact) mass is 405 g/mol. The van der Waals surface area contributed by atoms with Crippen molar-refractivity contribution in [1.82, 2.24) is 14.1 Å². The maximum Gasteiger partial charge on any atom is 0.252 e. The minimum Gasteiger partial charge on any atom is -0.339 e. The highest BCUT2D eigenvalue weighted by molar-refractivity contribution is 7.91. The second-order valence-electron chi connectivity index (χ2n) is 6.83. The van der Waals surface area contributed by atoms with Crippen LogP contribution >= 0.6 is 22.9 Å². The van der Waals surface area contributed by atoms with E-state index in [-0.39, 0.29) is 10.1 Å². The Kier molecular flexibility index (Phi) is 6.05. The van der Waals surface area contributed by atoms with Gasteiger partial charge in [-0.1, -0.05) is 18.5 Å². The molecule has 2 fully saturated rings. The number of piperidine rings is 1. The maximum atomic E-state index is 12.6. The number of thiophene rings is 1. The summed E-state index contributed by atoms with van der Waals surface area (Å²) in [5.74, 6) is 0.742. The van der Waals surface area contributed by atoms with Crippen molar-refractivity contribution >= 4 is 38.9 Å². The summed E-state index contributed by atoms with van der Waals surface area (Å²) in [5.41, 5.74) is 0. The topological polar surface area (TPSA) is 60.9 Å². The number of carbonyl (C=O) groups excluding carboxylic acids is 1. The Bertz CT molecular complexity index is 714. The number of hydrogen-bond acceptors (Lipinski definition) is 5. The third-order valence-electron chi connectivity index (χ3n) is 4.83. The molecule has 1 amide bonds. The largest absolute Gasteiger partial charge is 0.339 e. The number of likely N-dealkylation sites (tertiary alicyclic amines) is 1. The van der Waals surface area contributed by atoms with Gasteiger partial charge in [-0.2, -0.15) is 4.31 Å². The number of hydrogen-bond donors (Lipinski definition) is 0. The summed E-state index contributed by atoms with van der Waals surface area (Å²) in [7, 11) is -3.51. The highest BCUT2D eigenvalue weighted by atomic mass is 35.5. The molecule has 0 saturated carbocycles. The van der Waals surface area contributed by atoms with Gasteiger partial charge < -0.3 is 4.90 Å².